The first-order chi connectivity index (χ1) is 9.56. The van der Waals surface area contributed by atoms with Crippen LogP contribution in [0.25, 0.3) is 0 Å². The quantitative estimate of drug-likeness (QED) is 0.470. The standard InChI is InChI=1S/C9H7N7O4/c17-15(18)7-3-1-2-6(4-7)5-10-12-8-11-9(14-13-8)16(19)20/h1-5H,(H2,11,12,13,14)/b10-5+. The van der Waals surface area contributed by atoms with Crippen molar-refractivity contribution >= 4 is 23.8 Å². The van der Waals surface area contributed by atoms with Gasteiger partial charge >= 0.3 is 11.9 Å². The summed E-state index contributed by atoms with van der Waals surface area (Å²) in [7, 11) is 0. The average Bonchev–Trinajstić information content (AvgIpc) is 2.88. The van der Waals surface area contributed by atoms with Gasteiger partial charge in [0.05, 0.1) is 11.1 Å². The Balaban J connectivity index is 2.04. The molecule has 0 spiro atoms. The van der Waals surface area contributed by atoms with Gasteiger partial charge in [-0.1, -0.05) is 17.2 Å². The van der Waals surface area contributed by atoms with Crippen LogP contribution in [0.1, 0.15) is 5.56 Å². The maximum Gasteiger partial charge on any atom is 0.455 e. The van der Waals surface area contributed by atoms with Gasteiger partial charge in [0.25, 0.3) is 5.69 Å². The number of hydrazone groups is 1. The molecule has 11 nitrogen and oxygen atoms in total. The second kappa shape index (κ2) is 5.51. The van der Waals surface area contributed by atoms with E-state index < -0.39 is 15.8 Å². The molecule has 0 bridgehead atoms. The van der Waals surface area contributed by atoms with Crippen LogP contribution >= 0.6 is 0 Å². The Morgan fingerprint density at radius 2 is 2.10 bits per heavy atom. The van der Waals surface area contributed by atoms with E-state index in [2.05, 4.69) is 25.7 Å². The Labute approximate surface area is 110 Å². The number of aromatic amines is 1. The van der Waals surface area contributed by atoms with Crippen molar-refractivity contribution in [1.29, 1.82) is 0 Å². The van der Waals surface area contributed by atoms with Crippen LogP contribution in [-0.4, -0.2) is 31.2 Å². The van der Waals surface area contributed by atoms with Gasteiger partial charge in [-0.2, -0.15) is 5.10 Å². The fourth-order valence-corrected chi connectivity index (χ4v) is 1.27. The minimum Gasteiger partial charge on any atom is -0.390 e. The largest absolute Gasteiger partial charge is 0.455 e. The van der Waals surface area contributed by atoms with Crippen LogP contribution in [0.15, 0.2) is 29.4 Å². The highest BCUT2D eigenvalue weighted by Gasteiger charge is 2.12. The van der Waals surface area contributed by atoms with Crippen LogP contribution in [-0.2, 0) is 0 Å². The fourth-order valence-electron chi connectivity index (χ4n) is 1.27. The molecule has 0 radical (unpaired) electrons. The number of benzene rings is 1. The number of hydrogen-bond acceptors (Lipinski definition) is 8. The van der Waals surface area contributed by atoms with E-state index >= 15 is 0 Å². The van der Waals surface area contributed by atoms with E-state index in [0.717, 1.165) is 0 Å². The van der Waals surface area contributed by atoms with Gasteiger partial charge in [0.1, 0.15) is 0 Å². The molecule has 102 valence electrons. The SMILES string of the molecule is O=[N+]([O-])c1cccc(/C=N/Nc2n[nH]c([N+](=O)[O-])n2)c1. The summed E-state index contributed by atoms with van der Waals surface area (Å²) in [4.78, 5) is 23.2. The zero-order valence-electron chi connectivity index (χ0n) is 9.76. The number of aromatic nitrogens is 3. The van der Waals surface area contributed by atoms with E-state index in [4.69, 9.17) is 0 Å². The van der Waals surface area contributed by atoms with Gasteiger partial charge in [0.15, 0.2) is 0 Å². The Hall–Kier alpha value is -3.37. The Morgan fingerprint density at radius 3 is 2.75 bits per heavy atom. The van der Waals surface area contributed by atoms with Crippen LogP contribution in [0, 0.1) is 20.2 Å². The summed E-state index contributed by atoms with van der Waals surface area (Å²) in [5.74, 6) is -0.601. The summed E-state index contributed by atoms with van der Waals surface area (Å²) in [5.41, 5.74) is 2.77. The summed E-state index contributed by atoms with van der Waals surface area (Å²) in [6, 6.07) is 5.80. The van der Waals surface area contributed by atoms with Crippen molar-refractivity contribution in [2.75, 3.05) is 5.43 Å². The van der Waals surface area contributed by atoms with E-state index in [1.165, 1.54) is 24.4 Å². The van der Waals surface area contributed by atoms with Crippen molar-refractivity contribution in [3.63, 3.8) is 0 Å². The fraction of sp³-hybridized carbons (Fsp3) is 0. The van der Waals surface area contributed by atoms with Gasteiger partial charge < -0.3 is 10.1 Å². The normalized spacial score (nSPS) is 10.6. The monoisotopic (exact) mass is 277 g/mol. The van der Waals surface area contributed by atoms with Gasteiger partial charge in [-0.3, -0.25) is 10.1 Å². The van der Waals surface area contributed by atoms with Crippen molar-refractivity contribution in [3.05, 3.63) is 50.1 Å². The van der Waals surface area contributed by atoms with Crippen LogP contribution in [0.5, 0.6) is 0 Å². The molecule has 2 rings (SSSR count). The van der Waals surface area contributed by atoms with Crippen molar-refractivity contribution in [3.8, 4) is 0 Å². The molecular formula is C9H7N7O4. The highest BCUT2D eigenvalue weighted by atomic mass is 16.6. The zero-order valence-corrected chi connectivity index (χ0v) is 9.76. The highest BCUT2D eigenvalue weighted by Crippen LogP contribution is 2.11. The van der Waals surface area contributed by atoms with E-state index in [0.29, 0.717) is 5.56 Å². The molecule has 11 heteroatoms. The molecule has 0 saturated heterocycles. The summed E-state index contributed by atoms with van der Waals surface area (Å²) >= 11 is 0. The molecule has 20 heavy (non-hydrogen) atoms. The molecule has 0 aliphatic carbocycles. The summed E-state index contributed by atoms with van der Waals surface area (Å²) in [6.07, 6.45) is 1.30. The van der Waals surface area contributed by atoms with Crippen molar-refractivity contribution in [2.45, 2.75) is 0 Å². The summed E-state index contributed by atoms with van der Waals surface area (Å²) < 4.78 is 0. The lowest BCUT2D eigenvalue weighted by Crippen LogP contribution is -1.94. The molecule has 0 fully saturated rings. The number of nitrogens with zero attached hydrogens (tertiary/aromatic N) is 5. The molecule has 2 N–H and O–H groups in total. The molecule has 0 saturated carbocycles. The molecule has 0 aliphatic rings. The van der Waals surface area contributed by atoms with Crippen LogP contribution in [0.2, 0.25) is 0 Å². The minimum absolute atomic E-state index is 0.0671. The molecular weight excluding hydrogens is 270 g/mol. The van der Waals surface area contributed by atoms with Gasteiger partial charge in [-0.25, -0.2) is 5.43 Å². The van der Waals surface area contributed by atoms with Crippen LogP contribution in [0.3, 0.4) is 0 Å². The Bertz CT molecular complexity index is 680. The van der Waals surface area contributed by atoms with Gasteiger partial charge in [0.2, 0.25) is 0 Å². The highest BCUT2D eigenvalue weighted by molar-refractivity contribution is 5.81. The van der Waals surface area contributed by atoms with Crippen LogP contribution < -0.4 is 5.43 Å². The van der Waals surface area contributed by atoms with Gasteiger partial charge in [0, 0.05) is 17.7 Å². The molecule has 2 aromatic rings. The molecule has 0 atom stereocenters. The number of nitro groups is 2. The zero-order chi connectivity index (χ0) is 14.5. The number of rotatable bonds is 5. The second-order valence-electron chi connectivity index (χ2n) is 3.46. The van der Waals surface area contributed by atoms with Gasteiger partial charge in [-0.05, 0) is 9.91 Å². The first kappa shape index (κ1) is 13.1. The maximum absolute atomic E-state index is 10.6. The Kier molecular flexibility index (Phi) is 3.60. The number of non-ortho nitro benzene ring substituents is 1. The predicted molar refractivity (Wildman–Crippen MR) is 67.4 cm³/mol. The molecule has 0 unspecified atom stereocenters. The number of H-pyrrole nitrogens is 1. The number of nitro benzene ring substituents is 1. The van der Waals surface area contributed by atoms with Crippen molar-refractivity contribution in [1.82, 2.24) is 15.2 Å². The first-order valence-electron chi connectivity index (χ1n) is 5.16. The third-order valence-corrected chi connectivity index (χ3v) is 2.11. The first-order valence-corrected chi connectivity index (χ1v) is 5.16. The number of anilines is 1. The third kappa shape index (κ3) is 3.10. The second-order valence-corrected chi connectivity index (χ2v) is 3.46. The number of hydrogen-bond donors (Lipinski definition) is 2. The molecule has 1 heterocycles. The molecule has 0 aliphatic heterocycles. The Morgan fingerprint density at radius 1 is 1.30 bits per heavy atom. The minimum atomic E-state index is -0.734. The summed E-state index contributed by atoms with van der Waals surface area (Å²) in [6.45, 7) is 0. The molecule has 0 amide bonds. The maximum atomic E-state index is 10.6. The average molecular weight is 277 g/mol. The third-order valence-electron chi connectivity index (χ3n) is 2.11. The molecule has 1 aromatic heterocycles. The van der Waals surface area contributed by atoms with Gasteiger partial charge in [-0.15, -0.1) is 5.10 Å². The van der Waals surface area contributed by atoms with E-state index in [-0.39, 0.29) is 11.6 Å². The lowest BCUT2D eigenvalue weighted by Gasteiger charge is -1.93. The van der Waals surface area contributed by atoms with E-state index in [1.807, 2.05) is 0 Å². The smallest absolute Gasteiger partial charge is 0.390 e. The van der Waals surface area contributed by atoms with Crippen molar-refractivity contribution in [2.24, 2.45) is 5.10 Å². The van der Waals surface area contributed by atoms with Crippen LogP contribution in [0.4, 0.5) is 17.6 Å². The lowest BCUT2D eigenvalue weighted by molar-refractivity contribution is -0.394. The van der Waals surface area contributed by atoms with Crippen molar-refractivity contribution < 1.29 is 9.85 Å². The number of nitrogens with one attached hydrogen (secondary N) is 2. The molecule has 1 aromatic carbocycles. The van der Waals surface area contributed by atoms with E-state index in [1.54, 1.807) is 6.07 Å². The van der Waals surface area contributed by atoms with E-state index in [9.17, 15) is 20.2 Å². The topological polar surface area (TPSA) is 152 Å². The lowest BCUT2D eigenvalue weighted by atomic mass is 10.2. The summed E-state index contributed by atoms with van der Waals surface area (Å²) in [5, 5.41) is 30.2. The predicted octanol–water partition coefficient (Wildman–Crippen LogP) is 1.07.